The van der Waals surface area contributed by atoms with Gasteiger partial charge in [-0.1, -0.05) is 30.3 Å². The molecule has 5 nitrogen and oxygen atoms in total. The lowest BCUT2D eigenvalue weighted by Crippen LogP contribution is -2.43. The van der Waals surface area contributed by atoms with Gasteiger partial charge >= 0.3 is 0 Å². The molecule has 2 aliphatic rings. The smallest absolute Gasteiger partial charge is 0.260 e. The summed E-state index contributed by atoms with van der Waals surface area (Å²) in [5.74, 6) is 0.312. The Morgan fingerprint density at radius 1 is 1.22 bits per heavy atom. The van der Waals surface area contributed by atoms with Gasteiger partial charge in [-0.3, -0.25) is 0 Å². The van der Waals surface area contributed by atoms with Gasteiger partial charge in [-0.15, -0.1) is 4.40 Å². The van der Waals surface area contributed by atoms with Gasteiger partial charge in [0.15, 0.2) is 0 Å². The minimum atomic E-state index is -3.47. The number of nitrogens with zero attached hydrogens (tertiary/aromatic N) is 1. The average Bonchev–Trinajstić information content (AvgIpc) is 2.93. The van der Waals surface area contributed by atoms with Crippen LogP contribution in [0.2, 0.25) is 0 Å². The fourth-order valence-electron chi connectivity index (χ4n) is 3.64. The molecule has 1 aliphatic carbocycles. The van der Waals surface area contributed by atoms with Crippen molar-refractivity contribution in [1.29, 1.82) is 0 Å². The zero-order valence-electron chi connectivity index (χ0n) is 13.1. The maximum atomic E-state index is 12.2. The van der Waals surface area contributed by atoms with Gasteiger partial charge < -0.3 is 9.84 Å². The van der Waals surface area contributed by atoms with E-state index in [9.17, 15) is 13.5 Å². The fourth-order valence-corrected chi connectivity index (χ4v) is 5.14. The highest BCUT2D eigenvalue weighted by Gasteiger charge is 2.44. The van der Waals surface area contributed by atoms with E-state index in [2.05, 4.69) is 4.40 Å². The van der Waals surface area contributed by atoms with Gasteiger partial charge in [-0.2, -0.15) is 0 Å². The van der Waals surface area contributed by atoms with E-state index in [0.717, 1.165) is 31.2 Å². The Balaban J connectivity index is 1.83. The molecule has 1 fully saturated rings. The fraction of sp³-hybridized carbons (Fsp3) is 0.588. The number of aliphatic hydroxyl groups is 1. The Kier molecular flexibility index (Phi) is 4.73. The Hall–Kier alpha value is -1.40. The van der Waals surface area contributed by atoms with Crippen LogP contribution in [-0.4, -0.2) is 37.4 Å². The molecular weight excluding hydrogens is 314 g/mol. The third-order valence-electron chi connectivity index (χ3n) is 4.71. The van der Waals surface area contributed by atoms with Gasteiger partial charge in [0.2, 0.25) is 5.90 Å². The van der Waals surface area contributed by atoms with Crippen LogP contribution in [0.1, 0.15) is 50.0 Å². The first-order valence-electron chi connectivity index (χ1n) is 8.18. The van der Waals surface area contributed by atoms with Gasteiger partial charge in [-0.05, 0) is 43.6 Å². The SMILES string of the molecule is O=S1(=O)CC2(CCCC2)OC(C[C@@H](CCO)c2ccccc2)=N1. The van der Waals surface area contributed by atoms with Crippen molar-refractivity contribution in [2.45, 2.75) is 50.0 Å². The highest BCUT2D eigenvalue weighted by molar-refractivity contribution is 7.90. The first kappa shape index (κ1) is 16.5. The van der Waals surface area contributed by atoms with Gasteiger partial charge in [-0.25, -0.2) is 8.42 Å². The van der Waals surface area contributed by atoms with Crippen LogP contribution in [0, 0.1) is 0 Å². The van der Waals surface area contributed by atoms with Crippen molar-refractivity contribution >= 4 is 15.9 Å². The lowest BCUT2D eigenvalue weighted by Gasteiger charge is -2.34. The Labute approximate surface area is 137 Å². The predicted octanol–water partition coefficient (Wildman–Crippen LogP) is 2.61. The summed E-state index contributed by atoms with van der Waals surface area (Å²) in [7, 11) is -3.47. The lowest BCUT2D eigenvalue weighted by molar-refractivity contribution is 0.0776. The van der Waals surface area contributed by atoms with Gasteiger partial charge in [0, 0.05) is 13.0 Å². The second-order valence-corrected chi connectivity index (χ2v) is 8.16. The normalized spacial score (nSPS) is 23.3. The Morgan fingerprint density at radius 3 is 2.57 bits per heavy atom. The van der Waals surface area contributed by atoms with E-state index < -0.39 is 15.6 Å². The summed E-state index contributed by atoms with van der Waals surface area (Å²) in [4.78, 5) is 0. The van der Waals surface area contributed by atoms with E-state index in [1.807, 2.05) is 30.3 Å². The monoisotopic (exact) mass is 337 g/mol. The average molecular weight is 337 g/mol. The minimum absolute atomic E-state index is 0.000492. The van der Waals surface area contributed by atoms with E-state index in [1.165, 1.54) is 0 Å². The highest BCUT2D eigenvalue weighted by Crippen LogP contribution is 2.38. The molecule has 0 saturated heterocycles. The zero-order chi connectivity index (χ0) is 16.3. The topological polar surface area (TPSA) is 76.0 Å². The summed E-state index contributed by atoms with van der Waals surface area (Å²) in [6.07, 6.45) is 4.52. The van der Waals surface area contributed by atoms with E-state index in [-0.39, 0.29) is 18.3 Å². The predicted molar refractivity (Wildman–Crippen MR) is 89.0 cm³/mol. The molecule has 3 rings (SSSR count). The second kappa shape index (κ2) is 6.61. The second-order valence-electron chi connectivity index (χ2n) is 6.53. The molecule has 1 spiro atoms. The van der Waals surface area contributed by atoms with Gasteiger partial charge in [0.1, 0.15) is 11.4 Å². The molecule has 0 unspecified atom stereocenters. The van der Waals surface area contributed by atoms with Crippen LogP contribution in [0.25, 0.3) is 0 Å². The molecule has 1 N–H and O–H groups in total. The van der Waals surface area contributed by atoms with Gasteiger partial charge in [0.05, 0.1) is 0 Å². The number of benzene rings is 1. The van der Waals surface area contributed by atoms with E-state index >= 15 is 0 Å². The van der Waals surface area contributed by atoms with Crippen LogP contribution in [0.3, 0.4) is 0 Å². The number of hydrogen-bond donors (Lipinski definition) is 1. The molecule has 0 bridgehead atoms. The molecule has 1 atom stereocenters. The number of rotatable bonds is 5. The van der Waals surface area contributed by atoms with Crippen molar-refractivity contribution in [1.82, 2.24) is 0 Å². The van der Waals surface area contributed by atoms with Crippen LogP contribution in [0.15, 0.2) is 34.7 Å². The van der Waals surface area contributed by atoms with Crippen LogP contribution in [0.4, 0.5) is 0 Å². The maximum Gasteiger partial charge on any atom is 0.260 e. The molecule has 1 aromatic rings. The van der Waals surface area contributed by atoms with Gasteiger partial charge in [0.25, 0.3) is 10.0 Å². The molecule has 6 heteroatoms. The summed E-state index contributed by atoms with van der Waals surface area (Å²) in [6.45, 7) is 0.0464. The van der Waals surface area contributed by atoms with Crippen molar-refractivity contribution < 1.29 is 18.3 Å². The molecule has 1 aliphatic heterocycles. The summed E-state index contributed by atoms with van der Waals surface area (Å²) in [5.41, 5.74) is 0.493. The zero-order valence-corrected chi connectivity index (χ0v) is 14.0. The van der Waals surface area contributed by atoms with Crippen LogP contribution >= 0.6 is 0 Å². The number of sulfonamides is 1. The summed E-state index contributed by atoms with van der Waals surface area (Å²) >= 11 is 0. The molecule has 0 aromatic heterocycles. The Morgan fingerprint density at radius 2 is 1.91 bits per heavy atom. The Bertz CT molecular complexity index is 663. The van der Waals surface area contributed by atoms with Crippen molar-refractivity contribution in [3.8, 4) is 0 Å². The van der Waals surface area contributed by atoms with E-state index in [0.29, 0.717) is 18.7 Å². The molecule has 1 aromatic carbocycles. The summed E-state index contributed by atoms with van der Waals surface area (Å²) in [6, 6.07) is 9.80. The summed E-state index contributed by atoms with van der Waals surface area (Å²) in [5, 5.41) is 9.34. The maximum absolute atomic E-state index is 12.2. The standard InChI is InChI=1S/C17H23NO4S/c19-11-8-15(14-6-2-1-3-7-14)12-16-18-23(20,21)13-17(22-16)9-4-5-10-17/h1-3,6-7,15,19H,4-5,8-13H2/t15-/m1/s1. The first-order valence-corrected chi connectivity index (χ1v) is 9.79. The van der Waals surface area contributed by atoms with Crippen molar-refractivity contribution in [2.75, 3.05) is 12.4 Å². The number of hydrogen-bond acceptors (Lipinski definition) is 4. The lowest BCUT2D eigenvalue weighted by atomic mass is 9.92. The molecule has 126 valence electrons. The third-order valence-corrected chi connectivity index (χ3v) is 6.08. The number of ether oxygens (including phenoxy) is 1. The molecule has 23 heavy (non-hydrogen) atoms. The minimum Gasteiger partial charge on any atom is -0.472 e. The molecule has 0 radical (unpaired) electrons. The van der Waals surface area contributed by atoms with Crippen molar-refractivity contribution in [2.24, 2.45) is 4.40 Å². The quantitative estimate of drug-likeness (QED) is 0.896. The largest absolute Gasteiger partial charge is 0.472 e. The van der Waals surface area contributed by atoms with Crippen LogP contribution in [0.5, 0.6) is 0 Å². The molecule has 1 saturated carbocycles. The van der Waals surface area contributed by atoms with Crippen LogP contribution in [-0.2, 0) is 14.8 Å². The third kappa shape index (κ3) is 3.93. The molecule has 1 heterocycles. The van der Waals surface area contributed by atoms with E-state index in [1.54, 1.807) is 0 Å². The van der Waals surface area contributed by atoms with Crippen molar-refractivity contribution in [3.05, 3.63) is 35.9 Å². The highest BCUT2D eigenvalue weighted by atomic mass is 32.2. The number of aliphatic hydroxyl groups excluding tert-OH is 1. The molecular formula is C17H23NO4S. The molecule has 0 amide bonds. The summed E-state index contributed by atoms with van der Waals surface area (Å²) < 4.78 is 34.3. The van der Waals surface area contributed by atoms with Crippen LogP contribution < -0.4 is 0 Å². The van der Waals surface area contributed by atoms with Crippen molar-refractivity contribution in [3.63, 3.8) is 0 Å². The first-order chi connectivity index (χ1) is 11.0. The van der Waals surface area contributed by atoms with E-state index in [4.69, 9.17) is 4.74 Å².